The maximum absolute atomic E-state index is 11.4. The molecule has 0 aromatic carbocycles. The van der Waals surface area contributed by atoms with E-state index in [0.29, 0.717) is 5.70 Å². The van der Waals surface area contributed by atoms with Crippen LogP contribution in [0.25, 0.3) is 6.08 Å². The van der Waals surface area contributed by atoms with Crippen molar-refractivity contribution in [3.63, 3.8) is 0 Å². The lowest BCUT2D eigenvalue weighted by Gasteiger charge is -1.92. The molecule has 0 radical (unpaired) electrons. The highest BCUT2D eigenvalue weighted by Gasteiger charge is 2.17. The first kappa shape index (κ1) is 9.58. The van der Waals surface area contributed by atoms with Crippen LogP contribution >= 0.6 is 0 Å². The molecule has 4 heteroatoms. The molecule has 0 saturated heterocycles. The lowest BCUT2D eigenvalue weighted by molar-refractivity contribution is -0.115. The number of aliphatic imine (C=N–C) groups is 1. The minimum Gasteiger partial charge on any atom is -0.309 e. The van der Waals surface area contributed by atoms with E-state index in [-0.39, 0.29) is 5.91 Å². The summed E-state index contributed by atoms with van der Waals surface area (Å²) in [5.41, 5.74) is 1.32. The number of aromatic nitrogens is 1. The third kappa shape index (κ3) is 2.10. The largest absolute Gasteiger partial charge is 0.309 e. The molecule has 1 N–H and O–H groups in total. The van der Waals surface area contributed by atoms with Crippen LogP contribution in [-0.2, 0) is 4.79 Å². The Morgan fingerprint density at radius 3 is 3.00 bits per heavy atom. The average molecular weight is 201 g/mol. The topological polar surface area (TPSA) is 54.4 Å². The molecule has 76 valence electrons. The zero-order chi connectivity index (χ0) is 10.7. The Balaban J connectivity index is 2.28. The molecule has 2 heterocycles. The number of carbonyl (C=O) groups excluding carboxylic acids is 1. The summed E-state index contributed by atoms with van der Waals surface area (Å²) in [6, 6.07) is 3.70. The van der Waals surface area contributed by atoms with Gasteiger partial charge in [0.2, 0.25) is 0 Å². The second-order valence-corrected chi connectivity index (χ2v) is 3.18. The van der Waals surface area contributed by atoms with Gasteiger partial charge in [-0.2, -0.15) is 0 Å². The number of nitrogens with zero attached hydrogens (tertiary/aromatic N) is 2. The van der Waals surface area contributed by atoms with Crippen molar-refractivity contribution < 1.29 is 4.79 Å². The van der Waals surface area contributed by atoms with Gasteiger partial charge < -0.3 is 5.32 Å². The van der Waals surface area contributed by atoms with Crippen LogP contribution in [0.5, 0.6) is 0 Å². The van der Waals surface area contributed by atoms with Gasteiger partial charge in [-0.3, -0.25) is 9.78 Å². The third-order valence-electron chi connectivity index (χ3n) is 2.07. The van der Waals surface area contributed by atoms with E-state index in [1.54, 1.807) is 18.5 Å². The van der Waals surface area contributed by atoms with Gasteiger partial charge in [0, 0.05) is 18.8 Å². The predicted molar refractivity (Wildman–Crippen MR) is 58.1 cm³/mol. The molecule has 0 aliphatic carbocycles. The van der Waals surface area contributed by atoms with E-state index in [9.17, 15) is 4.79 Å². The third-order valence-corrected chi connectivity index (χ3v) is 2.07. The second kappa shape index (κ2) is 4.04. The first-order chi connectivity index (χ1) is 7.29. The zero-order valence-electron chi connectivity index (χ0n) is 8.40. The Labute approximate surface area is 87.8 Å². The summed E-state index contributed by atoms with van der Waals surface area (Å²) in [5.74, 6) is 0.575. The van der Waals surface area contributed by atoms with Crippen LogP contribution in [0.4, 0.5) is 0 Å². The number of pyridine rings is 1. The van der Waals surface area contributed by atoms with Crippen molar-refractivity contribution in [1.29, 1.82) is 0 Å². The Morgan fingerprint density at radius 1 is 1.53 bits per heavy atom. The fraction of sp³-hybridized carbons (Fsp3) is 0.182. The molecule has 0 fully saturated rings. The van der Waals surface area contributed by atoms with E-state index in [1.165, 1.54) is 0 Å². The van der Waals surface area contributed by atoms with Crippen LogP contribution in [-0.4, -0.2) is 16.7 Å². The van der Waals surface area contributed by atoms with Crippen molar-refractivity contribution in [3.8, 4) is 0 Å². The minimum absolute atomic E-state index is 0.143. The van der Waals surface area contributed by atoms with Crippen LogP contribution in [0.1, 0.15) is 18.9 Å². The molecule has 1 aromatic heterocycles. The molecule has 4 nitrogen and oxygen atoms in total. The van der Waals surface area contributed by atoms with E-state index < -0.39 is 0 Å². The van der Waals surface area contributed by atoms with Gasteiger partial charge in [0.15, 0.2) is 0 Å². The van der Waals surface area contributed by atoms with Crippen LogP contribution in [0, 0.1) is 0 Å². The van der Waals surface area contributed by atoms with E-state index >= 15 is 0 Å². The minimum atomic E-state index is -0.143. The molecule has 0 bridgehead atoms. The quantitative estimate of drug-likeness (QED) is 0.734. The highest BCUT2D eigenvalue weighted by molar-refractivity contribution is 6.14. The van der Waals surface area contributed by atoms with Gasteiger partial charge in [-0.25, -0.2) is 4.99 Å². The van der Waals surface area contributed by atoms with Crippen molar-refractivity contribution in [1.82, 2.24) is 10.3 Å². The van der Waals surface area contributed by atoms with Gasteiger partial charge in [0.1, 0.15) is 11.5 Å². The molecule has 1 aliphatic rings. The van der Waals surface area contributed by atoms with Gasteiger partial charge >= 0.3 is 0 Å². The van der Waals surface area contributed by atoms with Crippen molar-refractivity contribution in [2.75, 3.05) is 0 Å². The lowest BCUT2D eigenvalue weighted by Crippen LogP contribution is -2.22. The van der Waals surface area contributed by atoms with Gasteiger partial charge in [-0.15, -0.1) is 0 Å². The molecule has 1 aromatic rings. The smallest absolute Gasteiger partial charge is 0.275 e. The van der Waals surface area contributed by atoms with Crippen LogP contribution < -0.4 is 5.32 Å². The Bertz CT molecular complexity index is 434. The number of amides is 1. The van der Waals surface area contributed by atoms with E-state index in [2.05, 4.69) is 15.3 Å². The fourth-order valence-electron chi connectivity index (χ4n) is 1.30. The van der Waals surface area contributed by atoms with E-state index in [0.717, 1.165) is 17.8 Å². The molecule has 15 heavy (non-hydrogen) atoms. The van der Waals surface area contributed by atoms with E-state index in [1.807, 2.05) is 19.1 Å². The maximum Gasteiger partial charge on any atom is 0.275 e. The van der Waals surface area contributed by atoms with Gasteiger partial charge in [-0.1, -0.05) is 13.0 Å². The molecule has 2 rings (SSSR count). The summed E-state index contributed by atoms with van der Waals surface area (Å²) in [6.45, 7) is 1.95. The number of nitrogens with one attached hydrogen (secondary N) is 1. The SMILES string of the molecule is CCC1=N/C(=C/c2cccnc2)C(=O)N1. The number of amidine groups is 1. The number of rotatable bonds is 2. The number of carbonyl (C=O) groups is 1. The summed E-state index contributed by atoms with van der Waals surface area (Å²) in [5, 5.41) is 2.70. The Morgan fingerprint density at radius 2 is 2.40 bits per heavy atom. The van der Waals surface area contributed by atoms with Crippen LogP contribution in [0.2, 0.25) is 0 Å². The standard InChI is InChI=1S/C11H11N3O/c1-2-10-13-9(11(15)14-10)6-8-4-3-5-12-7-8/h3-7H,2H2,1H3,(H,13,14,15)/b9-6+. The van der Waals surface area contributed by atoms with Gasteiger partial charge in [0.05, 0.1) is 0 Å². The molecule has 0 spiro atoms. The Kier molecular flexibility index (Phi) is 2.58. The van der Waals surface area contributed by atoms with Crippen molar-refractivity contribution >= 4 is 17.8 Å². The summed E-state index contributed by atoms with van der Waals surface area (Å²) in [4.78, 5) is 19.6. The highest BCUT2D eigenvalue weighted by atomic mass is 16.2. The molecular formula is C11H11N3O. The van der Waals surface area contributed by atoms with Crippen molar-refractivity contribution in [2.45, 2.75) is 13.3 Å². The fourth-order valence-corrected chi connectivity index (χ4v) is 1.30. The lowest BCUT2D eigenvalue weighted by atomic mass is 10.2. The molecule has 1 aliphatic heterocycles. The summed E-state index contributed by atoms with van der Waals surface area (Å²) in [6.07, 6.45) is 5.85. The zero-order valence-corrected chi connectivity index (χ0v) is 8.40. The van der Waals surface area contributed by atoms with E-state index in [4.69, 9.17) is 0 Å². The first-order valence-corrected chi connectivity index (χ1v) is 4.80. The molecule has 0 unspecified atom stereocenters. The second-order valence-electron chi connectivity index (χ2n) is 3.18. The summed E-state index contributed by atoms with van der Waals surface area (Å²) in [7, 11) is 0. The normalized spacial score (nSPS) is 17.8. The van der Waals surface area contributed by atoms with Crippen molar-refractivity contribution in [3.05, 3.63) is 35.8 Å². The predicted octanol–water partition coefficient (Wildman–Crippen LogP) is 1.36. The first-order valence-electron chi connectivity index (χ1n) is 4.80. The maximum atomic E-state index is 11.4. The van der Waals surface area contributed by atoms with Gasteiger partial charge in [-0.05, 0) is 17.7 Å². The summed E-state index contributed by atoms with van der Waals surface area (Å²) < 4.78 is 0. The average Bonchev–Trinajstić information content (AvgIpc) is 2.61. The highest BCUT2D eigenvalue weighted by Crippen LogP contribution is 2.11. The number of hydrogen-bond donors (Lipinski definition) is 1. The Hall–Kier alpha value is -1.97. The van der Waals surface area contributed by atoms with Crippen LogP contribution in [0.3, 0.4) is 0 Å². The van der Waals surface area contributed by atoms with Crippen LogP contribution in [0.15, 0.2) is 35.2 Å². The van der Waals surface area contributed by atoms with Gasteiger partial charge in [0.25, 0.3) is 5.91 Å². The van der Waals surface area contributed by atoms with Crippen molar-refractivity contribution in [2.24, 2.45) is 4.99 Å². The monoisotopic (exact) mass is 201 g/mol. The molecule has 1 amide bonds. The molecule has 0 atom stereocenters. The summed E-state index contributed by atoms with van der Waals surface area (Å²) >= 11 is 0. The molecule has 0 saturated carbocycles. The number of hydrogen-bond acceptors (Lipinski definition) is 3. The molecular weight excluding hydrogens is 190 g/mol.